The topological polar surface area (TPSA) is 97.8 Å². The van der Waals surface area contributed by atoms with Gasteiger partial charge in [-0.05, 0) is 44.5 Å². The Morgan fingerprint density at radius 3 is 2.46 bits per heavy atom. The Balaban J connectivity index is 1.76. The third-order valence-corrected chi connectivity index (χ3v) is 6.81. The summed E-state index contributed by atoms with van der Waals surface area (Å²) in [6.07, 6.45) is 0.355. The number of para-hydroxylation sites is 1. The Hall–Kier alpha value is -3.63. The second-order valence-electron chi connectivity index (χ2n) is 9.69. The maximum Gasteiger partial charge on any atom is 0.295 e. The number of morpholine rings is 1. The molecule has 1 atom stereocenters. The molecule has 0 bridgehead atoms. The molecule has 210 valence electrons. The molecular formula is C29H35FN2O7. The first kappa shape index (κ1) is 28.4. The van der Waals surface area contributed by atoms with Gasteiger partial charge in [-0.25, -0.2) is 4.39 Å². The molecule has 0 aromatic heterocycles. The number of carbonyl (C=O) groups is 2. The number of nitrogens with zero attached hydrogens (tertiary/aromatic N) is 2. The van der Waals surface area contributed by atoms with Gasteiger partial charge in [-0.2, -0.15) is 0 Å². The van der Waals surface area contributed by atoms with E-state index in [2.05, 4.69) is 4.90 Å². The van der Waals surface area contributed by atoms with Crippen molar-refractivity contribution >= 4 is 17.4 Å². The molecule has 2 aliphatic rings. The fraction of sp³-hybridized carbons (Fsp3) is 0.448. The smallest absolute Gasteiger partial charge is 0.295 e. The average Bonchev–Trinajstić information content (AvgIpc) is 3.18. The van der Waals surface area contributed by atoms with Gasteiger partial charge in [-0.15, -0.1) is 0 Å². The van der Waals surface area contributed by atoms with E-state index < -0.39 is 29.3 Å². The number of aliphatic hydroxyl groups is 1. The van der Waals surface area contributed by atoms with Crippen LogP contribution in [0.3, 0.4) is 0 Å². The van der Waals surface area contributed by atoms with E-state index >= 15 is 0 Å². The Morgan fingerprint density at radius 1 is 1.08 bits per heavy atom. The molecule has 2 aliphatic heterocycles. The summed E-state index contributed by atoms with van der Waals surface area (Å²) in [7, 11) is 2.96. The predicted molar refractivity (Wildman–Crippen MR) is 143 cm³/mol. The number of aliphatic hydroxyl groups excluding tert-OH is 1. The minimum absolute atomic E-state index is 0.0242. The molecule has 0 saturated carbocycles. The summed E-state index contributed by atoms with van der Waals surface area (Å²) in [5, 5.41) is 11.4. The number of ether oxygens (including phenoxy) is 4. The summed E-state index contributed by atoms with van der Waals surface area (Å²) in [5.74, 6) is -1.99. The number of hydrogen-bond acceptors (Lipinski definition) is 8. The van der Waals surface area contributed by atoms with Crippen molar-refractivity contribution in [3.05, 3.63) is 58.9 Å². The highest BCUT2D eigenvalue weighted by Gasteiger charge is 2.47. The van der Waals surface area contributed by atoms with Crippen molar-refractivity contribution in [1.29, 1.82) is 0 Å². The summed E-state index contributed by atoms with van der Waals surface area (Å²) in [5.41, 5.74) is 0.390. The standard InChI is InChI=1S/C29H35FN2O7/c1-18(2)39-22-10-9-19(17-21(22)30)26(33)24-25(20-7-5-8-23(36-3)28(20)37-4)32(29(35)27(24)34)12-6-11-31-13-15-38-16-14-31/h5,7-10,17-18,25,33H,6,11-16H2,1-4H3/b26-24+. The number of benzene rings is 2. The zero-order valence-electron chi connectivity index (χ0n) is 22.7. The molecule has 0 spiro atoms. The maximum atomic E-state index is 14.8. The van der Waals surface area contributed by atoms with Gasteiger partial charge in [0.25, 0.3) is 11.7 Å². The largest absolute Gasteiger partial charge is 0.507 e. The lowest BCUT2D eigenvalue weighted by Gasteiger charge is -2.30. The average molecular weight is 543 g/mol. The van der Waals surface area contributed by atoms with E-state index in [0.29, 0.717) is 36.7 Å². The van der Waals surface area contributed by atoms with Crippen molar-refractivity contribution in [3.63, 3.8) is 0 Å². The van der Waals surface area contributed by atoms with Crippen molar-refractivity contribution in [2.45, 2.75) is 32.4 Å². The van der Waals surface area contributed by atoms with Crippen LogP contribution in [0, 0.1) is 5.82 Å². The number of halogens is 1. The highest BCUT2D eigenvalue weighted by atomic mass is 19.1. The van der Waals surface area contributed by atoms with Crippen molar-refractivity contribution in [2.24, 2.45) is 0 Å². The summed E-state index contributed by atoms with van der Waals surface area (Å²) in [4.78, 5) is 30.4. The fourth-order valence-electron chi connectivity index (χ4n) is 5.00. The van der Waals surface area contributed by atoms with E-state index in [1.54, 1.807) is 32.0 Å². The first-order valence-corrected chi connectivity index (χ1v) is 13.0. The van der Waals surface area contributed by atoms with Crippen LogP contribution in [-0.4, -0.2) is 86.3 Å². The molecule has 2 fully saturated rings. The normalized spacial score (nSPS) is 19.5. The lowest BCUT2D eigenvalue weighted by Crippen LogP contribution is -2.39. The minimum Gasteiger partial charge on any atom is -0.507 e. The van der Waals surface area contributed by atoms with E-state index in [1.807, 2.05) is 0 Å². The third-order valence-electron chi connectivity index (χ3n) is 6.81. The molecule has 10 heteroatoms. The molecule has 2 heterocycles. The molecular weight excluding hydrogens is 507 g/mol. The number of likely N-dealkylation sites (tertiary alicyclic amines) is 1. The summed E-state index contributed by atoms with van der Waals surface area (Å²) in [6.45, 7) is 7.44. The molecule has 1 unspecified atom stereocenters. The van der Waals surface area contributed by atoms with Gasteiger partial charge in [0, 0.05) is 37.3 Å². The first-order chi connectivity index (χ1) is 18.8. The third kappa shape index (κ3) is 6.02. The molecule has 2 saturated heterocycles. The Bertz CT molecular complexity index is 1240. The van der Waals surface area contributed by atoms with Crippen LogP contribution in [0.2, 0.25) is 0 Å². The van der Waals surface area contributed by atoms with Crippen LogP contribution < -0.4 is 14.2 Å². The van der Waals surface area contributed by atoms with Gasteiger partial charge in [-0.3, -0.25) is 14.5 Å². The van der Waals surface area contributed by atoms with Crippen LogP contribution in [0.5, 0.6) is 17.2 Å². The van der Waals surface area contributed by atoms with Crippen molar-refractivity contribution in [1.82, 2.24) is 9.80 Å². The van der Waals surface area contributed by atoms with E-state index in [0.717, 1.165) is 25.7 Å². The minimum atomic E-state index is -0.964. The number of methoxy groups -OCH3 is 2. The second-order valence-corrected chi connectivity index (χ2v) is 9.69. The number of hydrogen-bond donors (Lipinski definition) is 1. The molecule has 4 rings (SSSR count). The van der Waals surface area contributed by atoms with Crippen LogP contribution in [-0.2, 0) is 14.3 Å². The van der Waals surface area contributed by atoms with Gasteiger partial charge >= 0.3 is 0 Å². The molecule has 2 aromatic carbocycles. The molecule has 2 aromatic rings. The Labute approximate surface area is 227 Å². The molecule has 1 N–H and O–H groups in total. The zero-order valence-corrected chi connectivity index (χ0v) is 22.7. The number of amides is 1. The van der Waals surface area contributed by atoms with Gasteiger partial charge in [0.05, 0.1) is 45.2 Å². The molecule has 1 amide bonds. The fourth-order valence-corrected chi connectivity index (χ4v) is 5.00. The van der Waals surface area contributed by atoms with Crippen LogP contribution in [0.25, 0.3) is 5.76 Å². The number of ketones is 1. The van der Waals surface area contributed by atoms with Gasteiger partial charge in [0.15, 0.2) is 23.1 Å². The quantitative estimate of drug-likeness (QED) is 0.275. The van der Waals surface area contributed by atoms with Crippen LogP contribution in [0.4, 0.5) is 4.39 Å². The van der Waals surface area contributed by atoms with Crippen LogP contribution in [0.15, 0.2) is 42.0 Å². The van der Waals surface area contributed by atoms with E-state index in [4.69, 9.17) is 18.9 Å². The highest BCUT2D eigenvalue weighted by molar-refractivity contribution is 6.46. The number of rotatable bonds is 10. The SMILES string of the molecule is COc1cccc(C2/C(=C(\O)c3ccc(OC(C)C)c(F)c3)C(=O)C(=O)N2CCCN2CCOCC2)c1OC. The van der Waals surface area contributed by atoms with Crippen molar-refractivity contribution in [2.75, 3.05) is 53.6 Å². The number of carbonyl (C=O) groups excluding carboxylic acids is 2. The van der Waals surface area contributed by atoms with Crippen LogP contribution in [0.1, 0.15) is 37.4 Å². The molecule has 0 aliphatic carbocycles. The molecule has 39 heavy (non-hydrogen) atoms. The van der Waals surface area contributed by atoms with E-state index in [-0.39, 0.29) is 29.5 Å². The predicted octanol–water partition coefficient (Wildman–Crippen LogP) is 3.77. The first-order valence-electron chi connectivity index (χ1n) is 13.0. The van der Waals surface area contributed by atoms with Gasteiger partial charge in [0.1, 0.15) is 5.76 Å². The lowest BCUT2D eigenvalue weighted by molar-refractivity contribution is -0.140. The Kier molecular flexibility index (Phi) is 9.08. The van der Waals surface area contributed by atoms with E-state index in [1.165, 1.54) is 31.3 Å². The van der Waals surface area contributed by atoms with Gasteiger partial charge in [0.2, 0.25) is 0 Å². The van der Waals surface area contributed by atoms with Crippen LogP contribution >= 0.6 is 0 Å². The highest BCUT2D eigenvalue weighted by Crippen LogP contribution is 2.45. The maximum absolute atomic E-state index is 14.8. The Morgan fingerprint density at radius 2 is 1.82 bits per heavy atom. The van der Waals surface area contributed by atoms with Crippen molar-refractivity contribution in [3.8, 4) is 17.2 Å². The summed E-state index contributed by atoms with van der Waals surface area (Å²) >= 11 is 0. The van der Waals surface area contributed by atoms with Gasteiger partial charge in [-0.1, -0.05) is 12.1 Å². The lowest BCUT2D eigenvalue weighted by atomic mass is 9.94. The number of Topliss-reactive ketones (excluding diaryl/α,β-unsaturated/α-hetero) is 1. The summed E-state index contributed by atoms with van der Waals surface area (Å²) < 4.78 is 36.8. The van der Waals surface area contributed by atoms with Crippen molar-refractivity contribution < 1.29 is 38.0 Å². The van der Waals surface area contributed by atoms with Gasteiger partial charge < -0.3 is 29.0 Å². The summed E-state index contributed by atoms with van der Waals surface area (Å²) in [6, 6.07) is 8.14. The monoisotopic (exact) mass is 542 g/mol. The molecule has 0 radical (unpaired) electrons. The van der Waals surface area contributed by atoms with E-state index in [9.17, 15) is 19.1 Å². The second kappa shape index (κ2) is 12.5. The molecule has 9 nitrogen and oxygen atoms in total. The zero-order chi connectivity index (χ0) is 28.1.